The van der Waals surface area contributed by atoms with Crippen molar-refractivity contribution in [1.29, 1.82) is 0 Å². The molecule has 1 aliphatic heterocycles. The number of piperidine rings is 1. The largest absolute Gasteiger partial charge is 0.382 e. The van der Waals surface area contributed by atoms with Crippen molar-refractivity contribution in [1.82, 2.24) is 10.2 Å². The van der Waals surface area contributed by atoms with Gasteiger partial charge in [0.1, 0.15) is 23.6 Å². The zero-order valence-corrected chi connectivity index (χ0v) is 22.5. The number of benzene rings is 2. The zero-order valence-electron chi connectivity index (χ0n) is 21.7. The SMILES string of the molecule is CNCCc1cc(Cc2cc(F)ccc2F)cs1.O=CC(O)C(O)C(=O)N1CCCCC1c1ccc(F)cc1. The normalized spacial score (nSPS) is 16.7. The van der Waals surface area contributed by atoms with Gasteiger partial charge in [-0.3, -0.25) is 4.79 Å². The number of halogens is 3. The Morgan fingerprint density at radius 3 is 2.51 bits per heavy atom. The zero-order chi connectivity index (χ0) is 28.4. The number of amides is 1. The molecule has 0 radical (unpaired) electrons. The monoisotopic (exact) mass is 562 g/mol. The molecule has 1 aliphatic rings. The number of rotatable bonds is 9. The van der Waals surface area contributed by atoms with Gasteiger partial charge in [-0.25, -0.2) is 13.2 Å². The molecule has 10 heteroatoms. The van der Waals surface area contributed by atoms with E-state index in [1.807, 2.05) is 12.4 Å². The van der Waals surface area contributed by atoms with E-state index in [4.69, 9.17) is 0 Å². The summed E-state index contributed by atoms with van der Waals surface area (Å²) in [5.74, 6) is -1.77. The summed E-state index contributed by atoms with van der Waals surface area (Å²) in [7, 11) is 1.91. The molecule has 0 bridgehead atoms. The summed E-state index contributed by atoms with van der Waals surface area (Å²) < 4.78 is 39.5. The van der Waals surface area contributed by atoms with Gasteiger partial charge in [0.15, 0.2) is 12.4 Å². The Kier molecular flexibility index (Phi) is 11.7. The van der Waals surface area contributed by atoms with Crippen LogP contribution in [0.3, 0.4) is 0 Å². The minimum atomic E-state index is -1.76. The molecule has 0 aliphatic carbocycles. The van der Waals surface area contributed by atoms with E-state index in [-0.39, 0.29) is 24.0 Å². The summed E-state index contributed by atoms with van der Waals surface area (Å²) in [5.41, 5.74) is 2.22. The maximum absolute atomic E-state index is 13.5. The van der Waals surface area contributed by atoms with Gasteiger partial charge >= 0.3 is 0 Å². The Bertz CT molecular complexity index is 1220. The quantitative estimate of drug-likeness (QED) is 0.341. The van der Waals surface area contributed by atoms with Crippen LogP contribution in [0.1, 0.15) is 46.9 Å². The van der Waals surface area contributed by atoms with Crippen LogP contribution in [-0.4, -0.2) is 59.7 Å². The fraction of sp³-hybridized carbons (Fsp3) is 0.379. The lowest BCUT2D eigenvalue weighted by Gasteiger charge is -2.37. The predicted molar refractivity (Wildman–Crippen MR) is 144 cm³/mol. The number of nitrogens with one attached hydrogen (secondary N) is 1. The molecule has 0 saturated carbocycles. The molecule has 210 valence electrons. The number of hydrogen-bond acceptors (Lipinski definition) is 6. The van der Waals surface area contributed by atoms with E-state index in [2.05, 4.69) is 11.4 Å². The van der Waals surface area contributed by atoms with Crippen LogP contribution >= 0.6 is 11.3 Å². The molecule has 1 aromatic heterocycles. The van der Waals surface area contributed by atoms with Crippen LogP contribution in [0, 0.1) is 17.5 Å². The first-order valence-electron chi connectivity index (χ1n) is 12.8. The van der Waals surface area contributed by atoms with E-state index in [9.17, 15) is 33.0 Å². The van der Waals surface area contributed by atoms with Gasteiger partial charge in [-0.05, 0) is 97.7 Å². The first-order valence-corrected chi connectivity index (χ1v) is 13.6. The van der Waals surface area contributed by atoms with Gasteiger partial charge in [-0.15, -0.1) is 11.3 Å². The van der Waals surface area contributed by atoms with Crippen molar-refractivity contribution in [2.24, 2.45) is 0 Å². The van der Waals surface area contributed by atoms with Crippen molar-refractivity contribution in [3.63, 3.8) is 0 Å². The third-order valence-electron chi connectivity index (χ3n) is 6.49. The number of aliphatic hydroxyl groups is 2. The Morgan fingerprint density at radius 2 is 1.82 bits per heavy atom. The molecule has 3 aromatic rings. The Morgan fingerprint density at radius 1 is 1.10 bits per heavy atom. The molecule has 2 heterocycles. The van der Waals surface area contributed by atoms with Gasteiger partial charge < -0.3 is 25.2 Å². The van der Waals surface area contributed by atoms with Crippen LogP contribution in [0.4, 0.5) is 13.2 Å². The fourth-order valence-corrected chi connectivity index (χ4v) is 5.31. The summed E-state index contributed by atoms with van der Waals surface area (Å²) in [6.45, 7) is 1.36. The Hall–Kier alpha value is -3.05. The molecule has 0 spiro atoms. The number of aldehydes is 1. The third kappa shape index (κ3) is 8.72. The van der Waals surface area contributed by atoms with E-state index in [1.54, 1.807) is 23.5 Å². The number of likely N-dealkylation sites (N-methyl/N-ethyl adjacent to an activating group) is 1. The van der Waals surface area contributed by atoms with Crippen LogP contribution in [0.15, 0.2) is 53.9 Å². The van der Waals surface area contributed by atoms with Crippen LogP contribution in [0.5, 0.6) is 0 Å². The number of hydrogen-bond donors (Lipinski definition) is 3. The topological polar surface area (TPSA) is 89.9 Å². The Balaban J connectivity index is 0.000000218. The second-order valence-corrected chi connectivity index (χ2v) is 10.3. The van der Waals surface area contributed by atoms with Gasteiger partial charge in [0, 0.05) is 17.8 Å². The van der Waals surface area contributed by atoms with Crippen molar-refractivity contribution in [3.8, 4) is 0 Å². The van der Waals surface area contributed by atoms with E-state index in [0.29, 0.717) is 24.9 Å². The highest BCUT2D eigenvalue weighted by atomic mass is 32.1. The molecular formula is C29H33F3N2O4S. The molecule has 3 unspecified atom stereocenters. The predicted octanol–water partition coefficient (Wildman–Crippen LogP) is 4.18. The molecule has 6 nitrogen and oxygen atoms in total. The molecule has 39 heavy (non-hydrogen) atoms. The maximum atomic E-state index is 13.5. The van der Waals surface area contributed by atoms with Gasteiger partial charge in [0.2, 0.25) is 0 Å². The fourth-order valence-electron chi connectivity index (χ4n) is 4.41. The summed E-state index contributed by atoms with van der Waals surface area (Å²) >= 11 is 1.66. The van der Waals surface area contributed by atoms with Gasteiger partial charge in [-0.1, -0.05) is 12.1 Å². The molecular weight excluding hydrogens is 529 g/mol. The molecule has 4 rings (SSSR count). The molecule has 1 amide bonds. The van der Waals surface area contributed by atoms with Crippen LogP contribution in [0.25, 0.3) is 0 Å². The molecule has 1 fully saturated rings. The molecule has 3 atom stereocenters. The maximum Gasteiger partial charge on any atom is 0.255 e. The van der Waals surface area contributed by atoms with Crippen molar-refractivity contribution in [2.75, 3.05) is 20.1 Å². The van der Waals surface area contributed by atoms with Gasteiger partial charge in [0.25, 0.3) is 5.91 Å². The minimum absolute atomic E-state index is 0.138. The van der Waals surface area contributed by atoms with E-state index in [1.165, 1.54) is 34.0 Å². The van der Waals surface area contributed by atoms with Crippen molar-refractivity contribution < 1.29 is 33.0 Å². The van der Waals surface area contributed by atoms with E-state index >= 15 is 0 Å². The molecule has 3 N–H and O–H groups in total. The minimum Gasteiger partial charge on any atom is -0.382 e. The van der Waals surface area contributed by atoms with Crippen molar-refractivity contribution in [3.05, 3.63) is 92.9 Å². The first kappa shape index (κ1) is 30.5. The lowest BCUT2D eigenvalue weighted by molar-refractivity contribution is -0.152. The van der Waals surface area contributed by atoms with E-state index < -0.39 is 23.9 Å². The second-order valence-electron chi connectivity index (χ2n) is 9.35. The summed E-state index contributed by atoms with van der Waals surface area (Å²) in [4.78, 5) is 25.4. The summed E-state index contributed by atoms with van der Waals surface area (Å²) in [6.07, 6.45) is 0.454. The second kappa shape index (κ2) is 14.9. The van der Waals surface area contributed by atoms with Crippen LogP contribution in [0.2, 0.25) is 0 Å². The van der Waals surface area contributed by atoms with Crippen LogP contribution < -0.4 is 5.32 Å². The average molecular weight is 563 g/mol. The first-order chi connectivity index (χ1) is 18.7. The lowest BCUT2D eigenvalue weighted by Crippen LogP contribution is -2.48. The highest BCUT2D eigenvalue weighted by Crippen LogP contribution is 2.31. The van der Waals surface area contributed by atoms with E-state index in [0.717, 1.165) is 43.0 Å². The number of carbonyl (C=O) groups is 2. The Labute approximate surface area is 230 Å². The third-order valence-corrected chi connectivity index (χ3v) is 7.53. The number of likely N-dealkylation sites (tertiary alicyclic amines) is 1. The van der Waals surface area contributed by atoms with Gasteiger partial charge in [0.05, 0.1) is 6.04 Å². The highest BCUT2D eigenvalue weighted by molar-refractivity contribution is 7.10. The summed E-state index contributed by atoms with van der Waals surface area (Å²) in [6, 6.07) is 11.2. The van der Waals surface area contributed by atoms with Crippen molar-refractivity contribution >= 4 is 23.5 Å². The standard InChI is InChI=1S/C15H18FNO4.C14H15F2NS/c16-11-6-4-10(5-7-11)12-3-1-2-8-17(12)15(21)14(20)13(19)9-18;1-17-5-4-13-7-10(9-18-13)6-11-8-12(15)2-3-14(11)16/h4-7,9,12-14,19-20H,1-3,8H2;2-3,7-9,17H,4-6H2,1H3. The average Bonchev–Trinajstić information content (AvgIpc) is 3.40. The number of nitrogens with zero attached hydrogens (tertiary/aromatic N) is 1. The molecule has 1 saturated heterocycles. The van der Waals surface area contributed by atoms with Gasteiger partial charge in [-0.2, -0.15) is 0 Å². The number of thiophene rings is 1. The summed E-state index contributed by atoms with van der Waals surface area (Å²) in [5, 5.41) is 24.1. The highest BCUT2D eigenvalue weighted by Gasteiger charge is 2.34. The van der Waals surface area contributed by atoms with Crippen LogP contribution in [-0.2, 0) is 22.4 Å². The smallest absolute Gasteiger partial charge is 0.255 e. The molecule has 2 aromatic carbocycles. The lowest BCUT2D eigenvalue weighted by atomic mass is 9.94. The number of carbonyl (C=O) groups excluding carboxylic acids is 2. The number of aliphatic hydroxyl groups excluding tert-OH is 2. The van der Waals surface area contributed by atoms with Crippen molar-refractivity contribution in [2.45, 2.75) is 50.4 Å².